The van der Waals surface area contributed by atoms with E-state index in [2.05, 4.69) is 0 Å². The van der Waals surface area contributed by atoms with Crippen molar-refractivity contribution < 1.29 is 28.2 Å². The van der Waals surface area contributed by atoms with Gasteiger partial charge in [0, 0.05) is 5.92 Å². The van der Waals surface area contributed by atoms with Crippen molar-refractivity contribution >= 4 is 5.97 Å². The molecule has 0 bridgehead atoms. The molecule has 2 unspecified atom stereocenters. The van der Waals surface area contributed by atoms with Crippen molar-refractivity contribution in [2.24, 2.45) is 5.92 Å². The minimum Gasteiger partial charge on any atom is -0.477 e. The van der Waals surface area contributed by atoms with E-state index in [1.165, 1.54) is 0 Å². The van der Waals surface area contributed by atoms with Gasteiger partial charge in [-0.25, -0.2) is 4.79 Å². The van der Waals surface area contributed by atoms with Crippen molar-refractivity contribution in [2.75, 3.05) is 19.8 Å². The zero-order chi connectivity index (χ0) is 10.8. The van der Waals surface area contributed by atoms with Crippen LogP contribution < -0.4 is 0 Å². The zero-order valence-corrected chi connectivity index (χ0v) is 7.70. The summed E-state index contributed by atoms with van der Waals surface area (Å²) in [7, 11) is 0. The van der Waals surface area contributed by atoms with Crippen LogP contribution in [0, 0.1) is 5.92 Å². The summed E-state index contributed by atoms with van der Waals surface area (Å²) in [6.07, 6.45) is -0.430. The Hall–Kier alpha value is -0.750. The van der Waals surface area contributed by atoms with E-state index in [9.17, 15) is 13.6 Å². The second-order valence-electron chi connectivity index (χ2n) is 3.37. The van der Waals surface area contributed by atoms with E-state index in [4.69, 9.17) is 14.6 Å². The van der Waals surface area contributed by atoms with E-state index in [0.717, 1.165) is 0 Å². The summed E-state index contributed by atoms with van der Waals surface area (Å²) in [5.41, 5.74) is 0. The monoisotopic (exact) mass is 210 g/mol. The number of halogens is 2. The van der Waals surface area contributed by atoms with Crippen molar-refractivity contribution in [1.29, 1.82) is 0 Å². The van der Waals surface area contributed by atoms with E-state index in [-0.39, 0.29) is 12.5 Å². The lowest BCUT2D eigenvalue weighted by Crippen LogP contribution is -2.36. The van der Waals surface area contributed by atoms with Crippen LogP contribution in [0.25, 0.3) is 0 Å². The number of alkyl halides is 2. The SMILES string of the molecule is CC1COCC1OCC(F)(F)C(=O)O. The fourth-order valence-corrected chi connectivity index (χ4v) is 1.13. The lowest BCUT2D eigenvalue weighted by atomic mass is 10.1. The topological polar surface area (TPSA) is 55.8 Å². The molecular weight excluding hydrogens is 198 g/mol. The fourth-order valence-electron chi connectivity index (χ4n) is 1.13. The number of ether oxygens (including phenoxy) is 2. The van der Waals surface area contributed by atoms with E-state index in [1.54, 1.807) is 6.92 Å². The third-order valence-electron chi connectivity index (χ3n) is 2.09. The minimum absolute atomic E-state index is 0.0274. The molecule has 1 fully saturated rings. The van der Waals surface area contributed by atoms with Gasteiger partial charge in [0.25, 0.3) is 0 Å². The summed E-state index contributed by atoms with van der Waals surface area (Å²) in [6, 6.07) is 0. The molecule has 82 valence electrons. The average Bonchev–Trinajstić information content (AvgIpc) is 2.47. The molecule has 1 saturated heterocycles. The minimum atomic E-state index is -3.82. The maximum Gasteiger partial charge on any atom is 0.377 e. The molecule has 0 aliphatic carbocycles. The van der Waals surface area contributed by atoms with Crippen molar-refractivity contribution in [3.8, 4) is 0 Å². The second-order valence-corrected chi connectivity index (χ2v) is 3.37. The van der Waals surface area contributed by atoms with Crippen LogP contribution in [-0.2, 0) is 14.3 Å². The first-order valence-corrected chi connectivity index (χ1v) is 4.24. The van der Waals surface area contributed by atoms with Gasteiger partial charge < -0.3 is 14.6 Å². The smallest absolute Gasteiger partial charge is 0.377 e. The molecule has 1 rings (SSSR count). The van der Waals surface area contributed by atoms with Crippen LogP contribution in [0.5, 0.6) is 0 Å². The van der Waals surface area contributed by atoms with Crippen molar-refractivity contribution in [3.05, 3.63) is 0 Å². The molecule has 4 nitrogen and oxygen atoms in total. The van der Waals surface area contributed by atoms with Crippen LogP contribution in [0.1, 0.15) is 6.92 Å². The Morgan fingerprint density at radius 1 is 1.64 bits per heavy atom. The standard InChI is InChI=1S/C8H12F2O4/c1-5-2-13-3-6(5)14-4-8(9,10)7(11)12/h5-6H,2-4H2,1H3,(H,11,12). The summed E-state index contributed by atoms with van der Waals surface area (Å²) in [4.78, 5) is 10.0. The van der Waals surface area contributed by atoms with Crippen LogP contribution in [0.15, 0.2) is 0 Å². The fraction of sp³-hybridized carbons (Fsp3) is 0.875. The van der Waals surface area contributed by atoms with Gasteiger partial charge in [-0.1, -0.05) is 6.92 Å². The molecule has 1 N–H and O–H groups in total. The third-order valence-corrected chi connectivity index (χ3v) is 2.09. The van der Waals surface area contributed by atoms with Gasteiger partial charge >= 0.3 is 11.9 Å². The number of carboxylic acids is 1. The van der Waals surface area contributed by atoms with Crippen LogP contribution in [0.4, 0.5) is 8.78 Å². The largest absolute Gasteiger partial charge is 0.477 e. The molecule has 1 heterocycles. The number of carbonyl (C=O) groups is 1. The summed E-state index contributed by atoms with van der Waals surface area (Å²) < 4.78 is 34.9. The molecule has 1 aliphatic rings. The van der Waals surface area contributed by atoms with Gasteiger partial charge in [-0.3, -0.25) is 0 Å². The maximum atomic E-state index is 12.6. The Morgan fingerprint density at radius 3 is 2.71 bits per heavy atom. The van der Waals surface area contributed by atoms with Crippen LogP contribution in [-0.4, -0.2) is 42.9 Å². The van der Waals surface area contributed by atoms with E-state index >= 15 is 0 Å². The third kappa shape index (κ3) is 2.62. The van der Waals surface area contributed by atoms with E-state index in [0.29, 0.717) is 6.61 Å². The quantitative estimate of drug-likeness (QED) is 0.744. The molecule has 0 amide bonds. The highest BCUT2D eigenvalue weighted by Crippen LogP contribution is 2.20. The summed E-state index contributed by atoms with van der Waals surface area (Å²) >= 11 is 0. The molecule has 6 heteroatoms. The molecule has 0 aromatic carbocycles. The Kier molecular flexibility index (Phi) is 3.38. The summed E-state index contributed by atoms with van der Waals surface area (Å²) in [5.74, 6) is -5.95. The maximum absolute atomic E-state index is 12.6. The Balaban J connectivity index is 2.36. The first-order chi connectivity index (χ1) is 6.43. The van der Waals surface area contributed by atoms with Gasteiger partial charge in [-0.15, -0.1) is 0 Å². The van der Waals surface area contributed by atoms with Gasteiger partial charge in [0.05, 0.1) is 19.3 Å². The number of rotatable bonds is 4. The molecule has 14 heavy (non-hydrogen) atoms. The zero-order valence-electron chi connectivity index (χ0n) is 7.70. The molecule has 0 spiro atoms. The van der Waals surface area contributed by atoms with Gasteiger partial charge in [-0.2, -0.15) is 8.78 Å². The van der Waals surface area contributed by atoms with Gasteiger partial charge in [-0.05, 0) is 0 Å². The highest BCUT2D eigenvalue weighted by atomic mass is 19.3. The lowest BCUT2D eigenvalue weighted by Gasteiger charge is -2.17. The normalized spacial score (nSPS) is 27.9. The molecule has 0 saturated carbocycles. The molecule has 0 radical (unpaired) electrons. The van der Waals surface area contributed by atoms with E-state index in [1.807, 2.05) is 0 Å². The van der Waals surface area contributed by atoms with Crippen LogP contribution in [0.2, 0.25) is 0 Å². The molecule has 0 aromatic rings. The molecule has 1 aliphatic heterocycles. The Bertz CT molecular complexity index is 219. The first kappa shape index (κ1) is 11.3. The number of aliphatic carboxylic acids is 1. The lowest BCUT2D eigenvalue weighted by molar-refractivity contribution is -0.177. The van der Waals surface area contributed by atoms with Crippen molar-refractivity contribution in [3.63, 3.8) is 0 Å². The van der Waals surface area contributed by atoms with Crippen LogP contribution in [0.3, 0.4) is 0 Å². The van der Waals surface area contributed by atoms with E-state index < -0.39 is 24.6 Å². The van der Waals surface area contributed by atoms with Gasteiger partial charge in [0.1, 0.15) is 6.61 Å². The highest BCUT2D eigenvalue weighted by Gasteiger charge is 2.41. The van der Waals surface area contributed by atoms with Crippen molar-refractivity contribution in [2.45, 2.75) is 19.0 Å². The Morgan fingerprint density at radius 2 is 2.29 bits per heavy atom. The summed E-state index contributed by atoms with van der Waals surface area (Å²) in [6.45, 7) is 1.41. The number of hydrogen-bond donors (Lipinski definition) is 1. The predicted octanol–water partition coefficient (Wildman–Crippen LogP) is 0.758. The number of hydrogen-bond acceptors (Lipinski definition) is 3. The number of carboxylic acid groups (broad SMARTS) is 1. The highest BCUT2D eigenvalue weighted by molar-refractivity contribution is 5.75. The van der Waals surface area contributed by atoms with Gasteiger partial charge in [0.15, 0.2) is 0 Å². The van der Waals surface area contributed by atoms with Gasteiger partial charge in [0.2, 0.25) is 0 Å². The molecule has 0 aromatic heterocycles. The Labute approximate surface area is 79.8 Å². The molecule has 2 atom stereocenters. The van der Waals surface area contributed by atoms with Crippen LogP contribution >= 0.6 is 0 Å². The molecular formula is C8H12F2O4. The predicted molar refractivity (Wildman–Crippen MR) is 42.3 cm³/mol. The average molecular weight is 210 g/mol. The van der Waals surface area contributed by atoms with Crippen molar-refractivity contribution in [1.82, 2.24) is 0 Å². The second kappa shape index (κ2) is 4.18. The summed E-state index contributed by atoms with van der Waals surface area (Å²) in [5, 5.41) is 8.12. The first-order valence-electron chi connectivity index (χ1n) is 4.24.